The van der Waals surface area contributed by atoms with Crippen molar-refractivity contribution < 1.29 is 0 Å². The molecule has 0 fully saturated rings. The van der Waals surface area contributed by atoms with Gasteiger partial charge in [-0.15, -0.1) is 12.0 Å². The molecule has 100 valence electrons. The molecule has 18 heavy (non-hydrogen) atoms. The van der Waals surface area contributed by atoms with E-state index in [4.69, 9.17) is 18.0 Å². The van der Waals surface area contributed by atoms with Crippen LogP contribution in [0.5, 0.6) is 0 Å². The van der Waals surface area contributed by atoms with Crippen LogP contribution in [-0.2, 0) is 0 Å². The van der Waals surface area contributed by atoms with Crippen molar-refractivity contribution in [1.29, 1.82) is 0 Å². The van der Waals surface area contributed by atoms with Gasteiger partial charge >= 0.3 is 0 Å². The zero-order valence-corrected chi connectivity index (χ0v) is 15.3. The van der Waals surface area contributed by atoms with Crippen LogP contribution in [0, 0.1) is 23.8 Å². The maximum absolute atomic E-state index is 6.27. The van der Waals surface area contributed by atoms with E-state index in [-0.39, 0.29) is 0 Å². The van der Waals surface area contributed by atoms with Crippen LogP contribution in [0.3, 0.4) is 0 Å². The van der Waals surface area contributed by atoms with E-state index >= 15 is 0 Å². The first-order valence-corrected chi connectivity index (χ1v) is 13.2. The third kappa shape index (κ3) is 4.69. The summed E-state index contributed by atoms with van der Waals surface area (Å²) >= 11 is 6.27. The Labute approximate surface area is 120 Å². The normalized spacial score (nSPS) is 13.2. The highest BCUT2D eigenvalue weighted by molar-refractivity contribution is 6.89. The fourth-order valence-electron chi connectivity index (χ4n) is 2.02. The van der Waals surface area contributed by atoms with Crippen LogP contribution >= 0.6 is 11.6 Å². The molecule has 0 N–H and O–H groups in total. The van der Waals surface area contributed by atoms with Crippen LogP contribution in [0.25, 0.3) is 0 Å². The first-order valence-electron chi connectivity index (χ1n) is 6.66. The summed E-state index contributed by atoms with van der Waals surface area (Å²) in [7, 11) is -2.97. The molecule has 0 saturated heterocycles. The van der Waals surface area contributed by atoms with Gasteiger partial charge in [-0.2, -0.15) is 0 Å². The number of hydrogen-bond acceptors (Lipinski definition) is 0. The molecule has 0 aliphatic carbocycles. The fourth-order valence-corrected chi connectivity index (χ4v) is 6.72. The molecule has 3 heteroatoms. The van der Waals surface area contributed by atoms with Gasteiger partial charge in [0.05, 0.1) is 13.1 Å². The summed E-state index contributed by atoms with van der Waals surface area (Å²) in [5.41, 5.74) is 3.43. The van der Waals surface area contributed by atoms with Crippen molar-refractivity contribution >= 4 is 27.7 Å². The molecule has 0 aromatic rings. The minimum atomic E-state index is -1.58. The number of allylic oxidation sites excluding steroid dienone is 2. The van der Waals surface area contributed by atoms with Gasteiger partial charge in [-0.1, -0.05) is 82.0 Å². The quantitative estimate of drug-likeness (QED) is 0.503. The monoisotopic (exact) mass is 296 g/mol. The summed E-state index contributed by atoms with van der Waals surface area (Å²) < 4.78 is 0. The molecular formula is C15H25ClSi2. The van der Waals surface area contributed by atoms with E-state index in [9.17, 15) is 0 Å². The highest BCUT2D eigenvalue weighted by Gasteiger charge is 2.32. The second kappa shape index (κ2) is 7.24. The standard InChI is InChI=1S/C15H25ClSi2/c1-8-14(16)15(12-13-17(5,6)7)18(9-2,10-3)11-4/h1H,9-11H2,2-7H3/b15-14+. The third-order valence-corrected chi connectivity index (χ3v) is 10.3. The van der Waals surface area contributed by atoms with Crippen molar-refractivity contribution in [2.24, 2.45) is 0 Å². The molecule has 0 heterocycles. The summed E-state index contributed by atoms with van der Waals surface area (Å²) in [5.74, 6) is 5.98. The zero-order valence-electron chi connectivity index (χ0n) is 12.6. The fraction of sp³-hybridized carbons (Fsp3) is 0.600. The summed E-state index contributed by atoms with van der Waals surface area (Å²) in [6.07, 6.45) is 5.50. The van der Waals surface area contributed by atoms with Gasteiger partial charge in [0.2, 0.25) is 0 Å². The average Bonchev–Trinajstić information content (AvgIpc) is 2.33. The second-order valence-electron chi connectivity index (χ2n) is 5.67. The molecule has 0 nitrogen and oxygen atoms in total. The van der Waals surface area contributed by atoms with E-state index in [1.54, 1.807) is 0 Å². The van der Waals surface area contributed by atoms with Gasteiger partial charge in [0.1, 0.15) is 8.07 Å². The van der Waals surface area contributed by atoms with Crippen molar-refractivity contribution in [1.82, 2.24) is 0 Å². The summed E-state index contributed by atoms with van der Waals surface area (Å²) in [6, 6.07) is 3.48. The zero-order chi connectivity index (χ0) is 14.4. The molecule has 0 aromatic carbocycles. The van der Waals surface area contributed by atoms with E-state index in [2.05, 4.69) is 57.8 Å². The lowest BCUT2D eigenvalue weighted by atomic mass is 10.5. The highest BCUT2D eigenvalue weighted by Crippen LogP contribution is 2.31. The molecule has 0 unspecified atom stereocenters. The molecule has 0 aromatic heterocycles. The summed E-state index contributed by atoms with van der Waals surface area (Å²) in [4.78, 5) is 0. The Balaban J connectivity index is 5.82. The van der Waals surface area contributed by atoms with Gasteiger partial charge < -0.3 is 0 Å². The van der Waals surface area contributed by atoms with Crippen molar-refractivity contribution in [3.05, 3.63) is 10.2 Å². The molecular weight excluding hydrogens is 272 g/mol. The number of hydrogen-bond donors (Lipinski definition) is 0. The lowest BCUT2D eigenvalue weighted by Gasteiger charge is -2.28. The minimum Gasteiger partial charge on any atom is -0.127 e. The average molecular weight is 297 g/mol. The SMILES string of the molecule is C#C/C(Cl)=C(/C#C[Si](C)(C)C)[Si](CC)(CC)CC. The molecule has 0 bridgehead atoms. The molecule has 0 aliphatic heterocycles. The maximum Gasteiger partial charge on any atom is 0.129 e. The smallest absolute Gasteiger partial charge is 0.127 e. The van der Waals surface area contributed by atoms with Gasteiger partial charge in [-0.25, -0.2) is 0 Å². The van der Waals surface area contributed by atoms with Gasteiger partial charge in [0.25, 0.3) is 0 Å². The van der Waals surface area contributed by atoms with E-state index in [0.29, 0.717) is 5.03 Å². The Hall–Kier alpha value is -0.416. The van der Waals surface area contributed by atoms with Gasteiger partial charge in [0, 0.05) is 5.20 Å². The van der Waals surface area contributed by atoms with Gasteiger partial charge in [-0.05, 0) is 0 Å². The van der Waals surface area contributed by atoms with Crippen molar-refractivity contribution in [2.45, 2.75) is 58.5 Å². The summed E-state index contributed by atoms with van der Waals surface area (Å²) in [5, 5.41) is 1.67. The van der Waals surface area contributed by atoms with Crippen LogP contribution < -0.4 is 0 Å². The number of terminal acetylenes is 1. The Morgan fingerprint density at radius 3 is 1.78 bits per heavy atom. The molecule has 0 saturated carbocycles. The van der Waals surface area contributed by atoms with Crippen molar-refractivity contribution in [3.8, 4) is 23.8 Å². The molecule has 0 atom stereocenters. The Kier molecular flexibility index (Phi) is 7.07. The lowest BCUT2D eigenvalue weighted by molar-refractivity contribution is 1.18. The Morgan fingerprint density at radius 1 is 1.06 bits per heavy atom. The van der Waals surface area contributed by atoms with E-state index in [1.807, 2.05) is 0 Å². The Morgan fingerprint density at radius 2 is 1.50 bits per heavy atom. The van der Waals surface area contributed by atoms with E-state index in [0.717, 1.165) is 23.3 Å². The summed E-state index contributed by atoms with van der Waals surface area (Å²) in [6.45, 7) is 13.5. The van der Waals surface area contributed by atoms with Gasteiger partial charge in [0.15, 0.2) is 0 Å². The molecule has 0 spiro atoms. The number of rotatable bonds is 4. The van der Waals surface area contributed by atoms with Crippen molar-refractivity contribution in [3.63, 3.8) is 0 Å². The lowest BCUT2D eigenvalue weighted by Crippen LogP contribution is -2.35. The molecule has 0 rings (SSSR count). The largest absolute Gasteiger partial charge is 0.129 e. The van der Waals surface area contributed by atoms with E-state index in [1.165, 1.54) is 0 Å². The van der Waals surface area contributed by atoms with Crippen LogP contribution in [-0.4, -0.2) is 16.1 Å². The Bertz CT molecular complexity index is 398. The van der Waals surface area contributed by atoms with E-state index < -0.39 is 16.1 Å². The van der Waals surface area contributed by atoms with Crippen LogP contribution in [0.4, 0.5) is 0 Å². The molecule has 0 aliphatic rings. The first kappa shape index (κ1) is 17.6. The third-order valence-electron chi connectivity index (χ3n) is 3.47. The predicted molar refractivity (Wildman–Crippen MR) is 90.0 cm³/mol. The van der Waals surface area contributed by atoms with Gasteiger partial charge in [-0.3, -0.25) is 0 Å². The van der Waals surface area contributed by atoms with Crippen molar-refractivity contribution in [2.75, 3.05) is 0 Å². The second-order valence-corrected chi connectivity index (χ2v) is 16.0. The molecule has 0 radical (unpaired) electrons. The van der Waals surface area contributed by atoms with Crippen LogP contribution in [0.2, 0.25) is 37.8 Å². The first-order chi connectivity index (χ1) is 8.26. The maximum atomic E-state index is 6.27. The topological polar surface area (TPSA) is 0 Å². The number of halogens is 1. The highest BCUT2D eigenvalue weighted by atomic mass is 35.5. The predicted octanol–water partition coefficient (Wildman–Crippen LogP) is 5.04. The minimum absolute atomic E-state index is 0.554. The molecule has 0 amide bonds. The van der Waals surface area contributed by atoms with Crippen LogP contribution in [0.1, 0.15) is 20.8 Å². The van der Waals surface area contributed by atoms with Crippen LogP contribution in [0.15, 0.2) is 10.2 Å².